The van der Waals surface area contributed by atoms with Crippen LogP contribution in [0.15, 0.2) is 24.4 Å². The van der Waals surface area contributed by atoms with Crippen LogP contribution in [0.1, 0.15) is 15.4 Å². The van der Waals surface area contributed by atoms with Gasteiger partial charge in [-0.15, -0.1) is 11.3 Å². The van der Waals surface area contributed by atoms with E-state index in [4.69, 9.17) is 11.0 Å². The Kier molecular flexibility index (Phi) is 3.80. The molecule has 0 aliphatic heterocycles. The first-order valence-corrected chi connectivity index (χ1v) is 6.41. The number of hydrogen-bond donors (Lipinski definition) is 2. The molecule has 2 rings (SSSR count). The quantitative estimate of drug-likeness (QED) is 0.827. The minimum Gasteiger partial charge on any atom is -0.398 e. The van der Waals surface area contributed by atoms with E-state index < -0.39 is 0 Å². The first-order chi connectivity index (χ1) is 8.69. The highest BCUT2D eigenvalue weighted by molar-refractivity contribution is 7.11. The van der Waals surface area contributed by atoms with Crippen molar-refractivity contribution in [3.05, 3.63) is 39.8 Å². The number of aromatic nitrogens is 1. The lowest BCUT2D eigenvalue weighted by molar-refractivity contribution is 1.16. The van der Waals surface area contributed by atoms with Gasteiger partial charge in [0.1, 0.15) is 0 Å². The van der Waals surface area contributed by atoms with E-state index in [-0.39, 0.29) is 0 Å². The number of anilines is 2. The van der Waals surface area contributed by atoms with Crippen LogP contribution in [0.4, 0.5) is 11.4 Å². The van der Waals surface area contributed by atoms with Gasteiger partial charge in [0, 0.05) is 22.4 Å². The van der Waals surface area contributed by atoms with Crippen LogP contribution in [0.5, 0.6) is 0 Å². The van der Waals surface area contributed by atoms with Gasteiger partial charge in [0.05, 0.1) is 24.0 Å². The number of aryl methyl sites for hydroxylation is 1. The molecule has 0 aliphatic rings. The van der Waals surface area contributed by atoms with E-state index in [2.05, 4.69) is 16.4 Å². The van der Waals surface area contributed by atoms with Crippen molar-refractivity contribution in [1.29, 1.82) is 5.26 Å². The standard InChI is InChI=1S/C13H14N4S/c1-9-16-7-12(18-9)8-17-11-2-3-13(15)10(6-11)4-5-14/h2-3,6-7,17H,4,8,15H2,1H3. The van der Waals surface area contributed by atoms with Crippen molar-refractivity contribution in [1.82, 2.24) is 4.98 Å². The predicted molar refractivity (Wildman–Crippen MR) is 74.3 cm³/mol. The SMILES string of the molecule is Cc1ncc(CNc2ccc(N)c(CC#N)c2)s1. The summed E-state index contributed by atoms with van der Waals surface area (Å²) in [6, 6.07) is 7.78. The molecule has 5 heteroatoms. The van der Waals surface area contributed by atoms with Crippen molar-refractivity contribution in [3.63, 3.8) is 0 Å². The molecule has 4 nitrogen and oxygen atoms in total. The summed E-state index contributed by atoms with van der Waals surface area (Å²) < 4.78 is 0. The summed E-state index contributed by atoms with van der Waals surface area (Å²) in [7, 11) is 0. The van der Waals surface area contributed by atoms with Crippen molar-refractivity contribution >= 4 is 22.7 Å². The van der Waals surface area contributed by atoms with Gasteiger partial charge >= 0.3 is 0 Å². The monoisotopic (exact) mass is 258 g/mol. The molecule has 18 heavy (non-hydrogen) atoms. The summed E-state index contributed by atoms with van der Waals surface area (Å²) in [5.41, 5.74) is 8.30. The van der Waals surface area contributed by atoms with Gasteiger partial charge < -0.3 is 11.1 Å². The van der Waals surface area contributed by atoms with Crippen molar-refractivity contribution in [3.8, 4) is 6.07 Å². The number of nitriles is 1. The van der Waals surface area contributed by atoms with E-state index in [0.717, 1.165) is 22.8 Å². The van der Waals surface area contributed by atoms with Crippen LogP contribution < -0.4 is 11.1 Å². The second kappa shape index (κ2) is 5.52. The Hall–Kier alpha value is -2.06. The molecule has 0 saturated heterocycles. The molecule has 3 N–H and O–H groups in total. The zero-order valence-electron chi connectivity index (χ0n) is 10.1. The Morgan fingerprint density at radius 2 is 2.33 bits per heavy atom. The topological polar surface area (TPSA) is 74.7 Å². The van der Waals surface area contributed by atoms with Crippen LogP contribution >= 0.6 is 11.3 Å². The second-order valence-corrected chi connectivity index (χ2v) is 5.27. The number of benzene rings is 1. The van der Waals surface area contributed by atoms with Crippen LogP contribution in [0.25, 0.3) is 0 Å². The van der Waals surface area contributed by atoms with Gasteiger partial charge in [0.25, 0.3) is 0 Å². The fourth-order valence-corrected chi connectivity index (χ4v) is 2.36. The summed E-state index contributed by atoms with van der Waals surface area (Å²) in [4.78, 5) is 5.39. The van der Waals surface area contributed by atoms with E-state index in [0.29, 0.717) is 12.1 Å². The van der Waals surface area contributed by atoms with Crippen LogP contribution in [-0.4, -0.2) is 4.98 Å². The fourth-order valence-electron chi connectivity index (χ4n) is 1.63. The fraction of sp³-hybridized carbons (Fsp3) is 0.231. The Morgan fingerprint density at radius 1 is 1.50 bits per heavy atom. The Labute approximate surface area is 110 Å². The lowest BCUT2D eigenvalue weighted by Gasteiger charge is -2.08. The summed E-state index contributed by atoms with van der Waals surface area (Å²) in [5.74, 6) is 0. The van der Waals surface area contributed by atoms with Gasteiger partial charge in [0.2, 0.25) is 0 Å². The highest BCUT2D eigenvalue weighted by Crippen LogP contribution is 2.20. The molecule has 1 aromatic heterocycles. The molecule has 2 aromatic rings. The molecule has 0 atom stereocenters. The van der Waals surface area contributed by atoms with Crippen molar-refractivity contribution in [2.45, 2.75) is 19.9 Å². The van der Waals surface area contributed by atoms with Crippen LogP contribution in [-0.2, 0) is 13.0 Å². The van der Waals surface area contributed by atoms with Crippen molar-refractivity contribution < 1.29 is 0 Å². The number of hydrogen-bond acceptors (Lipinski definition) is 5. The molecule has 1 aromatic carbocycles. The first kappa shape index (κ1) is 12.4. The number of rotatable bonds is 4. The highest BCUT2D eigenvalue weighted by atomic mass is 32.1. The van der Waals surface area contributed by atoms with Gasteiger partial charge in [-0.3, -0.25) is 0 Å². The molecular formula is C13H14N4S. The third kappa shape index (κ3) is 2.99. The van der Waals surface area contributed by atoms with E-state index >= 15 is 0 Å². The first-order valence-electron chi connectivity index (χ1n) is 5.59. The molecule has 92 valence electrons. The van der Waals surface area contributed by atoms with Crippen molar-refractivity contribution in [2.24, 2.45) is 0 Å². The maximum absolute atomic E-state index is 8.71. The molecule has 0 aliphatic carbocycles. The summed E-state index contributed by atoms with van der Waals surface area (Å²) in [5, 5.41) is 13.1. The normalized spacial score (nSPS) is 10.0. The lowest BCUT2D eigenvalue weighted by Crippen LogP contribution is -2.00. The van der Waals surface area contributed by atoms with Gasteiger partial charge in [-0.2, -0.15) is 5.26 Å². The smallest absolute Gasteiger partial charge is 0.0897 e. The number of nitrogen functional groups attached to an aromatic ring is 1. The van der Waals surface area contributed by atoms with Gasteiger partial charge in [-0.1, -0.05) is 0 Å². The number of nitrogens with zero attached hydrogens (tertiary/aromatic N) is 2. The van der Waals surface area contributed by atoms with Gasteiger partial charge in [0.15, 0.2) is 0 Å². The Balaban J connectivity index is 2.05. The predicted octanol–water partition coefficient (Wildman–Crippen LogP) is 2.71. The molecule has 0 unspecified atom stereocenters. The van der Waals surface area contributed by atoms with E-state index in [1.807, 2.05) is 31.3 Å². The maximum atomic E-state index is 8.71. The maximum Gasteiger partial charge on any atom is 0.0897 e. The minimum atomic E-state index is 0.334. The average molecular weight is 258 g/mol. The van der Waals surface area contributed by atoms with Gasteiger partial charge in [-0.25, -0.2) is 4.98 Å². The van der Waals surface area contributed by atoms with E-state index in [9.17, 15) is 0 Å². The van der Waals surface area contributed by atoms with Crippen LogP contribution in [0, 0.1) is 18.3 Å². The number of nitrogens with one attached hydrogen (secondary N) is 1. The third-order valence-corrected chi connectivity index (χ3v) is 3.46. The lowest BCUT2D eigenvalue weighted by atomic mass is 10.1. The summed E-state index contributed by atoms with van der Waals surface area (Å²) in [6.45, 7) is 2.73. The Morgan fingerprint density at radius 3 is 3.00 bits per heavy atom. The third-order valence-electron chi connectivity index (χ3n) is 2.55. The average Bonchev–Trinajstić information content (AvgIpc) is 2.76. The Bertz CT molecular complexity index is 583. The molecular weight excluding hydrogens is 244 g/mol. The number of nitrogens with two attached hydrogens (primary N) is 1. The molecule has 0 radical (unpaired) electrons. The molecule has 0 fully saturated rings. The second-order valence-electron chi connectivity index (χ2n) is 3.95. The summed E-state index contributed by atoms with van der Waals surface area (Å²) >= 11 is 1.67. The molecule has 0 saturated carbocycles. The molecule has 0 spiro atoms. The van der Waals surface area contributed by atoms with E-state index in [1.54, 1.807) is 11.3 Å². The molecule has 0 amide bonds. The minimum absolute atomic E-state index is 0.334. The molecule has 1 heterocycles. The largest absolute Gasteiger partial charge is 0.398 e. The van der Waals surface area contributed by atoms with Gasteiger partial charge in [-0.05, 0) is 30.7 Å². The summed E-state index contributed by atoms with van der Waals surface area (Å²) in [6.07, 6.45) is 2.21. The highest BCUT2D eigenvalue weighted by Gasteiger charge is 2.02. The number of thiazole rings is 1. The van der Waals surface area contributed by atoms with Crippen LogP contribution in [0.3, 0.4) is 0 Å². The van der Waals surface area contributed by atoms with Crippen molar-refractivity contribution in [2.75, 3.05) is 11.1 Å². The zero-order valence-corrected chi connectivity index (χ0v) is 10.9. The molecule has 0 bridgehead atoms. The zero-order chi connectivity index (χ0) is 13.0. The van der Waals surface area contributed by atoms with E-state index in [1.165, 1.54) is 4.88 Å². The van der Waals surface area contributed by atoms with Crippen LogP contribution in [0.2, 0.25) is 0 Å².